The van der Waals surface area contributed by atoms with E-state index in [1.165, 1.54) is 6.42 Å². The first-order valence-corrected chi connectivity index (χ1v) is 6.13. The maximum atomic E-state index is 4.02. The first-order chi connectivity index (χ1) is 6.91. The minimum Gasteiger partial charge on any atom is -0.309 e. The van der Waals surface area contributed by atoms with Crippen molar-refractivity contribution in [1.29, 1.82) is 0 Å². The largest absolute Gasteiger partial charge is 0.309 e. The van der Waals surface area contributed by atoms with Gasteiger partial charge in [-0.3, -0.25) is 0 Å². The Morgan fingerprint density at radius 3 is 2.40 bits per heavy atom. The molecule has 86 valence electrons. The molecule has 0 bridgehead atoms. The summed E-state index contributed by atoms with van der Waals surface area (Å²) in [6, 6.07) is 0. The molecule has 0 rings (SSSR count). The molecule has 0 heterocycles. The second-order valence-corrected chi connectivity index (χ2v) is 5.73. The average Bonchev–Trinajstić information content (AvgIpc) is 2.11. The highest BCUT2D eigenvalue weighted by Crippen LogP contribution is 2.23. The summed E-state index contributed by atoms with van der Waals surface area (Å²) in [6.45, 7) is 13.2. The smallest absolute Gasteiger partial charge is 0.00780 e. The number of hydrogen-bond acceptors (Lipinski definition) is 2. The molecule has 2 heteroatoms. The van der Waals surface area contributed by atoms with Gasteiger partial charge in [0, 0.05) is 10.2 Å². The molecular weight excluding hydrogens is 202 g/mol. The van der Waals surface area contributed by atoms with Gasteiger partial charge in [-0.1, -0.05) is 31.7 Å². The van der Waals surface area contributed by atoms with Crippen LogP contribution in [0.4, 0.5) is 0 Å². The Bertz CT molecular complexity index is 241. The zero-order valence-electron chi connectivity index (χ0n) is 10.4. The molecule has 0 aromatic heterocycles. The molecule has 1 atom stereocenters. The Morgan fingerprint density at radius 2 is 1.93 bits per heavy atom. The lowest BCUT2D eigenvalue weighted by molar-refractivity contribution is 0.400. The van der Waals surface area contributed by atoms with Crippen molar-refractivity contribution in [2.24, 2.45) is 0 Å². The van der Waals surface area contributed by atoms with Crippen molar-refractivity contribution in [2.45, 2.75) is 25.5 Å². The second kappa shape index (κ2) is 7.77. The van der Waals surface area contributed by atoms with Crippen LogP contribution in [0.15, 0.2) is 35.8 Å². The molecule has 0 spiro atoms. The van der Waals surface area contributed by atoms with Gasteiger partial charge in [-0.2, -0.15) is 0 Å². The van der Waals surface area contributed by atoms with Gasteiger partial charge in [0.25, 0.3) is 0 Å². The van der Waals surface area contributed by atoms with Gasteiger partial charge >= 0.3 is 0 Å². The minimum atomic E-state index is 0.620. The van der Waals surface area contributed by atoms with Crippen LogP contribution in [0.2, 0.25) is 0 Å². The SMILES string of the molecule is C=C(C)/C=C\C(=C)SC(C)CCN(C)C. The van der Waals surface area contributed by atoms with Crippen LogP contribution in [0.1, 0.15) is 20.3 Å². The molecule has 0 amide bonds. The molecule has 0 saturated carbocycles. The van der Waals surface area contributed by atoms with Crippen LogP contribution in [-0.4, -0.2) is 30.8 Å². The summed E-state index contributed by atoms with van der Waals surface area (Å²) in [7, 11) is 4.21. The van der Waals surface area contributed by atoms with Crippen molar-refractivity contribution < 1.29 is 0 Å². The van der Waals surface area contributed by atoms with Gasteiger partial charge in [0.15, 0.2) is 0 Å². The molecule has 0 aliphatic rings. The summed E-state index contributed by atoms with van der Waals surface area (Å²) >= 11 is 1.83. The van der Waals surface area contributed by atoms with E-state index in [0.717, 1.165) is 17.0 Å². The van der Waals surface area contributed by atoms with E-state index in [4.69, 9.17) is 0 Å². The Hall–Kier alpha value is -0.470. The predicted octanol–water partition coefficient (Wildman–Crippen LogP) is 3.71. The normalized spacial score (nSPS) is 13.4. The van der Waals surface area contributed by atoms with Crippen LogP contribution in [0, 0.1) is 0 Å². The molecule has 1 unspecified atom stereocenters. The summed E-state index contributed by atoms with van der Waals surface area (Å²) in [6.07, 6.45) is 5.24. The monoisotopic (exact) mass is 225 g/mol. The van der Waals surface area contributed by atoms with Crippen molar-refractivity contribution in [3.63, 3.8) is 0 Å². The Labute approximate surface area is 98.9 Å². The molecule has 0 aliphatic carbocycles. The van der Waals surface area contributed by atoms with Gasteiger partial charge in [0.1, 0.15) is 0 Å². The predicted molar refractivity (Wildman–Crippen MR) is 73.3 cm³/mol. The molecule has 0 saturated heterocycles. The van der Waals surface area contributed by atoms with Gasteiger partial charge in [0.2, 0.25) is 0 Å². The van der Waals surface area contributed by atoms with Crippen molar-refractivity contribution in [2.75, 3.05) is 20.6 Å². The Balaban J connectivity index is 3.81. The van der Waals surface area contributed by atoms with E-state index in [-0.39, 0.29) is 0 Å². The van der Waals surface area contributed by atoms with E-state index >= 15 is 0 Å². The van der Waals surface area contributed by atoms with Gasteiger partial charge in [-0.05, 0) is 40.1 Å². The zero-order valence-corrected chi connectivity index (χ0v) is 11.2. The maximum Gasteiger partial charge on any atom is 0.00780 e. The maximum absolute atomic E-state index is 4.02. The van der Waals surface area contributed by atoms with Crippen LogP contribution in [-0.2, 0) is 0 Å². The number of rotatable bonds is 7. The fraction of sp³-hybridized carbons (Fsp3) is 0.538. The first kappa shape index (κ1) is 14.5. The van der Waals surface area contributed by atoms with Crippen molar-refractivity contribution >= 4 is 11.8 Å². The fourth-order valence-corrected chi connectivity index (χ4v) is 1.92. The van der Waals surface area contributed by atoms with Gasteiger partial charge in [-0.15, -0.1) is 11.8 Å². The zero-order chi connectivity index (χ0) is 11.8. The summed E-state index contributed by atoms with van der Waals surface area (Å²) in [4.78, 5) is 3.33. The highest BCUT2D eigenvalue weighted by molar-refractivity contribution is 8.03. The highest BCUT2D eigenvalue weighted by Gasteiger charge is 2.03. The van der Waals surface area contributed by atoms with E-state index in [1.807, 2.05) is 30.8 Å². The molecule has 1 nitrogen and oxygen atoms in total. The molecule has 0 aromatic carbocycles. The molecule has 0 aromatic rings. The van der Waals surface area contributed by atoms with Crippen LogP contribution in [0.5, 0.6) is 0 Å². The van der Waals surface area contributed by atoms with E-state index in [1.54, 1.807) is 0 Å². The van der Waals surface area contributed by atoms with Crippen molar-refractivity contribution in [3.05, 3.63) is 35.8 Å². The third-order valence-corrected chi connectivity index (χ3v) is 2.97. The third kappa shape index (κ3) is 9.83. The van der Waals surface area contributed by atoms with Gasteiger partial charge < -0.3 is 4.90 Å². The average molecular weight is 225 g/mol. The molecule has 15 heavy (non-hydrogen) atoms. The lowest BCUT2D eigenvalue weighted by Crippen LogP contribution is -2.16. The fourth-order valence-electron chi connectivity index (χ4n) is 1.03. The molecule has 0 fully saturated rings. The number of hydrogen-bond donors (Lipinski definition) is 0. The summed E-state index contributed by atoms with van der Waals surface area (Å²) in [5.74, 6) is 0. The molecular formula is C13H23NS. The van der Waals surface area contributed by atoms with E-state index in [0.29, 0.717) is 5.25 Å². The van der Waals surface area contributed by atoms with Crippen molar-refractivity contribution in [1.82, 2.24) is 4.90 Å². The number of thioether (sulfide) groups is 1. The van der Waals surface area contributed by atoms with E-state index < -0.39 is 0 Å². The Kier molecular flexibility index (Phi) is 7.53. The van der Waals surface area contributed by atoms with E-state index in [9.17, 15) is 0 Å². The van der Waals surface area contributed by atoms with Crippen molar-refractivity contribution in [3.8, 4) is 0 Å². The summed E-state index contributed by atoms with van der Waals surface area (Å²) < 4.78 is 0. The third-order valence-electron chi connectivity index (χ3n) is 1.89. The Morgan fingerprint density at radius 1 is 1.33 bits per heavy atom. The lowest BCUT2D eigenvalue weighted by Gasteiger charge is -2.14. The van der Waals surface area contributed by atoms with Crippen LogP contribution in [0.25, 0.3) is 0 Å². The van der Waals surface area contributed by atoms with Gasteiger partial charge in [-0.25, -0.2) is 0 Å². The van der Waals surface area contributed by atoms with Crippen LogP contribution >= 0.6 is 11.8 Å². The lowest BCUT2D eigenvalue weighted by atomic mass is 10.3. The summed E-state index contributed by atoms with van der Waals surface area (Å²) in [5.41, 5.74) is 1.07. The number of allylic oxidation sites excluding steroid dienone is 3. The number of nitrogens with zero attached hydrogens (tertiary/aromatic N) is 1. The van der Waals surface area contributed by atoms with Crippen LogP contribution in [0.3, 0.4) is 0 Å². The van der Waals surface area contributed by atoms with E-state index in [2.05, 4.69) is 39.1 Å². The standard InChI is InChI=1S/C13H23NS/c1-11(2)7-8-12(3)15-13(4)9-10-14(5)6/h7-8,13H,1,3,9-10H2,2,4-6H3/b8-7-. The summed E-state index contributed by atoms with van der Waals surface area (Å²) in [5, 5.41) is 0.620. The minimum absolute atomic E-state index is 0.620. The highest BCUT2D eigenvalue weighted by atomic mass is 32.2. The second-order valence-electron chi connectivity index (χ2n) is 4.17. The molecule has 0 radical (unpaired) electrons. The topological polar surface area (TPSA) is 3.24 Å². The first-order valence-electron chi connectivity index (χ1n) is 5.25. The quantitative estimate of drug-likeness (QED) is 0.608. The van der Waals surface area contributed by atoms with Gasteiger partial charge in [0.05, 0.1) is 0 Å². The molecule has 0 aliphatic heterocycles. The molecule has 0 N–H and O–H groups in total. The van der Waals surface area contributed by atoms with Crippen LogP contribution < -0.4 is 0 Å².